The molecule has 0 radical (unpaired) electrons. The number of allylic oxidation sites excluding steroid dienone is 2. The van der Waals surface area contributed by atoms with Crippen LogP contribution < -0.4 is 5.32 Å². The van der Waals surface area contributed by atoms with Crippen LogP contribution in [0.2, 0.25) is 0 Å². The summed E-state index contributed by atoms with van der Waals surface area (Å²) in [7, 11) is 0. The summed E-state index contributed by atoms with van der Waals surface area (Å²) in [4.78, 5) is 22.8. The van der Waals surface area contributed by atoms with Gasteiger partial charge < -0.3 is 10.3 Å². The maximum absolute atomic E-state index is 10.9. The fraction of sp³-hybridized carbons (Fsp3) is 0.357. The van der Waals surface area contributed by atoms with Gasteiger partial charge in [0.15, 0.2) is 11.4 Å². The zero-order valence-corrected chi connectivity index (χ0v) is 11.4. The zero-order valence-electron chi connectivity index (χ0n) is 11.4. The summed E-state index contributed by atoms with van der Waals surface area (Å²) in [5.41, 5.74) is 2.65. The Morgan fingerprint density at radius 3 is 3.00 bits per heavy atom. The lowest BCUT2D eigenvalue weighted by Gasteiger charge is -2.08. The van der Waals surface area contributed by atoms with Gasteiger partial charge in [-0.25, -0.2) is 9.97 Å². The van der Waals surface area contributed by atoms with Gasteiger partial charge in [0.2, 0.25) is 0 Å². The minimum absolute atomic E-state index is 0.0492. The van der Waals surface area contributed by atoms with E-state index in [0.717, 1.165) is 22.5 Å². The topological polar surface area (TPSA) is 70.7 Å². The van der Waals surface area contributed by atoms with Crippen LogP contribution in [0.3, 0.4) is 0 Å². The summed E-state index contributed by atoms with van der Waals surface area (Å²) < 4.78 is 0. The number of fused-ring (bicyclic) bond motifs is 1. The van der Waals surface area contributed by atoms with E-state index in [2.05, 4.69) is 34.1 Å². The van der Waals surface area contributed by atoms with E-state index in [1.165, 1.54) is 6.92 Å². The molecule has 0 amide bonds. The molecule has 2 N–H and O–H groups in total. The molecule has 2 rings (SSSR count). The molecule has 2 heterocycles. The Balaban J connectivity index is 2.26. The minimum Gasteiger partial charge on any atom is -0.367 e. The van der Waals surface area contributed by atoms with E-state index in [9.17, 15) is 4.79 Å². The molecule has 0 bridgehead atoms. The van der Waals surface area contributed by atoms with Crippen LogP contribution in [0.1, 0.15) is 26.3 Å². The van der Waals surface area contributed by atoms with E-state index < -0.39 is 0 Å². The second kappa shape index (κ2) is 5.65. The first kappa shape index (κ1) is 13.3. The van der Waals surface area contributed by atoms with E-state index >= 15 is 0 Å². The Hall–Kier alpha value is -2.17. The van der Waals surface area contributed by atoms with Gasteiger partial charge in [-0.15, -0.1) is 0 Å². The Morgan fingerprint density at radius 2 is 2.32 bits per heavy atom. The van der Waals surface area contributed by atoms with E-state index in [-0.39, 0.29) is 5.78 Å². The van der Waals surface area contributed by atoms with Gasteiger partial charge in [0, 0.05) is 17.8 Å². The van der Waals surface area contributed by atoms with Gasteiger partial charge >= 0.3 is 0 Å². The largest absolute Gasteiger partial charge is 0.367 e. The first-order valence-corrected chi connectivity index (χ1v) is 6.33. The molecule has 0 atom stereocenters. The predicted octanol–water partition coefficient (Wildman–Crippen LogP) is 2.47. The number of aromatic nitrogens is 3. The van der Waals surface area contributed by atoms with Gasteiger partial charge in [-0.2, -0.15) is 0 Å². The van der Waals surface area contributed by atoms with Crippen molar-refractivity contribution < 1.29 is 4.79 Å². The lowest BCUT2D eigenvalue weighted by molar-refractivity contribution is -0.112. The van der Waals surface area contributed by atoms with Crippen molar-refractivity contribution in [3.63, 3.8) is 0 Å². The van der Waals surface area contributed by atoms with Crippen LogP contribution in [0.5, 0.6) is 0 Å². The molecule has 2 aromatic rings. The first-order chi connectivity index (χ1) is 9.06. The smallest absolute Gasteiger partial charge is 0.156 e. The molecular formula is C14H18N4O. The van der Waals surface area contributed by atoms with Gasteiger partial charge in [0.05, 0.1) is 6.20 Å². The van der Waals surface area contributed by atoms with Crippen LogP contribution in [0, 0.1) is 0 Å². The normalized spacial score (nSPS) is 11.6. The summed E-state index contributed by atoms with van der Waals surface area (Å²) in [6, 6.07) is 0.312. The number of carbonyl (C=O) groups excluding carboxylic acids is 1. The van der Waals surface area contributed by atoms with Crippen molar-refractivity contribution in [2.75, 3.05) is 5.32 Å². The third-order valence-electron chi connectivity index (χ3n) is 2.59. The number of ketones is 1. The lowest BCUT2D eigenvalue weighted by atomic mass is 10.2. The van der Waals surface area contributed by atoms with Gasteiger partial charge in [0.25, 0.3) is 0 Å². The van der Waals surface area contributed by atoms with E-state index in [4.69, 9.17) is 0 Å². The molecule has 5 heteroatoms. The van der Waals surface area contributed by atoms with E-state index in [1.807, 2.05) is 12.3 Å². The number of hydrogen-bond donors (Lipinski definition) is 2. The first-order valence-electron chi connectivity index (χ1n) is 6.33. The number of anilines is 1. The summed E-state index contributed by atoms with van der Waals surface area (Å²) in [5, 5.41) is 3.23. The highest BCUT2D eigenvalue weighted by Crippen LogP contribution is 2.17. The molecule has 19 heavy (non-hydrogen) atoms. The van der Waals surface area contributed by atoms with Crippen LogP contribution in [-0.4, -0.2) is 26.8 Å². The molecule has 0 aromatic carbocycles. The van der Waals surface area contributed by atoms with Crippen molar-refractivity contribution in [2.45, 2.75) is 33.2 Å². The highest BCUT2D eigenvalue weighted by Gasteiger charge is 2.07. The zero-order chi connectivity index (χ0) is 13.8. The van der Waals surface area contributed by atoms with Crippen molar-refractivity contribution in [1.82, 2.24) is 15.0 Å². The van der Waals surface area contributed by atoms with Gasteiger partial charge in [-0.3, -0.25) is 4.79 Å². The molecule has 2 aromatic heterocycles. The summed E-state index contributed by atoms with van der Waals surface area (Å²) >= 11 is 0. The Kier molecular flexibility index (Phi) is 3.94. The standard InChI is InChI=1S/C14H18N4O/c1-9(2)17-12-8-16-14-13(18-12)11(7-15-14)6-4-5-10(3)19/h4-5,7-9H,6H2,1-3H3,(H,15,16)(H,17,18). The molecule has 0 aliphatic rings. The second-order valence-corrected chi connectivity index (χ2v) is 4.78. The molecule has 5 nitrogen and oxygen atoms in total. The SMILES string of the molecule is CC(=O)C=CCc1c[nH]c2ncc(NC(C)C)nc12. The van der Waals surface area contributed by atoms with Gasteiger partial charge in [-0.05, 0) is 33.3 Å². The Labute approximate surface area is 112 Å². The summed E-state index contributed by atoms with van der Waals surface area (Å²) in [6.45, 7) is 5.65. The molecule has 0 aliphatic heterocycles. The fourth-order valence-corrected chi connectivity index (χ4v) is 1.82. The van der Waals surface area contributed by atoms with Crippen molar-refractivity contribution in [3.8, 4) is 0 Å². The lowest BCUT2D eigenvalue weighted by Crippen LogP contribution is -2.11. The number of rotatable bonds is 5. The summed E-state index contributed by atoms with van der Waals surface area (Å²) in [6.07, 6.45) is 7.68. The molecule has 0 aliphatic carbocycles. The molecule has 0 fully saturated rings. The number of aromatic amines is 1. The fourth-order valence-electron chi connectivity index (χ4n) is 1.82. The third-order valence-corrected chi connectivity index (χ3v) is 2.59. The number of carbonyl (C=O) groups is 1. The summed E-state index contributed by atoms with van der Waals surface area (Å²) in [5.74, 6) is 0.812. The monoisotopic (exact) mass is 258 g/mol. The molecule has 100 valence electrons. The highest BCUT2D eigenvalue weighted by molar-refractivity contribution is 5.87. The predicted molar refractivity (Wildman–Crippen MR) is 76.2 cm³/mol. The highest BCUT2D eigenvalue weighted by atomic mass is 16.1. The molecule has 0 spiro atoms. The van der Waals surface area contributed by atoms with Gasteiger partial charge in [-0.1, -0.05) is 6.08 Å². The second-order valence-electron chi connectivity index (χ2n) is 4.78. The minimum atomic E-state index is 0.0492. The molecule has 0 saturated carbocycles. The molecule has 0 saturated heterocycles. The van der Waals surface area contributed by atoms with Crippen molar-refractivity contribution in [1.29, 1.82) is 0 Å². The van der Waals surface area contributed by atoms with Crippen molar-refractivity contribution in [2.24, 2.45) is 0 Å². The van der Waals surface area contributed by atoms with Crippen LogP contribution in [0.15, 0.2) is 24.5 Å². The average molecular weight is 258 g/mol. The quantitative estimate of drug-likeness (QED) is 0.808. The molecular weight excluding hydrogens is 240 g/mol. The number of nitrogens with zero attached hydrogens (tertiary/aromatic N) is 2. The number of nitrogens with one attached hydrogen (secondary N) is 2. The van der Waals surface area contributed by atoms with Crippen molar-refractivity contribution in [3.05, 3.63) is 30.1 Å². The number of hydrogen-bond acceptors (Lipinski definition) is 4. The van der Waals surface area contributed by atoms with E-state index in [0.29, 0.717) is 12.5 Å². The number of H-pyrrole nitrogens is 1. The van der Waals surface area contributed by atoms with Crippen LogP contribution in [0.4, 0.5) is 5.82 Å². The third kappa shape index (κ3) is 3.40. The van der Waals surface area contributed by atoms with Crippen LogP contribution >= 0.6 is 0 Å². The Morgan fingerprint density at radius 1 is 1.53 bits per heavy atom. The Bertz CT molecular complexity index is 613. The maximum Gasteiger partial charge on any atom is 0.156 e. The molecule has 0 unspecified atom stereocenters. The van der Waals surface area contributed by atoms with Crippen LogP contribution in [0.25, 0.3) is 11.2 Å². The van der Waals surface area contributed by atoms with E-state index in [1.54, 1.807) is 12.3 Å². The maximum atomic E-state index is 10.9. The van der Waals surface area contributed by atoms with Crippen LogP contribution in [-0.2, 0) is 11.2 Å². The van der Waals surface area contributed by atoms with Gasteiger partial charge in [0.1, 0.15) is 11.3 Å². The average Bonchev–Trinajstić information content (AvgIpc) is 2.71. The van der Waals surface area contributed by atoms with Crippen molar-refractivity contribution >= 4 is 22.8 Å².